The Morgan fingerprint density at radius 3 is 2.35 bits per heavy atom. The topological polar surface area (TPSA) is 54.5 Å². The van der Waals surface area contributed by atoms with Crippen LogP contribution in [0.15, 0.2) is 72.6 Å². The average Bonchev–Trinajstić information content (AvgIpc) is 2.76. The summed E-state index contributed by atoms with van der Waals surface area (Å²) in [7, 11) is 0. The number of ketones is 1. The van der Waals surface area contributed by atoms with Gasteiger partial charge in [0.05, 0.1) is 5.76 Å². The van der Waals surface area contributed by atoms with Crippen LogP contribution in [-0.4, -0.2) is 29.1 Å². The largest absolute Gasteiger partial charge is 0 e. The third-order valence-corrected chi connectivity index (χ3v) is 9.46. The normalized spacial score (nSPS) is 11.2. The quantitative estimate of drug-likeness (QED) is 0.109. The predicted molar refractivity (Wildman–Crippen MR) is 140 cm³/mol. The summed E-state index contributed by atoms with van der Waals surface area (Å²) < 4.78 is 1.49. The number of hydrogen-bond acceptors (Lipinski definition) is 3. The monoisotopic (exact) mass is 690 g/mol. The Morgan fingerprint density at radius 2 is 1.76 bits per heavy atom. The Morgan fingerprint density at radius 1 is 1.06 bits per heavy atom. The SMILES string of the molecule is CC(=O)/C=C(/C)O.[C-]#[N+]c1cc(-c2nccc3c[c]([Ge]([CH3])([CH3])[CH3])ccc23)[c-]c2ccccc12.[Ir]. The van der Waals surface area contributed by atoms with Crippen molar-refractivity contribution in [1.29, 1.82) is 0 Å². The van der Waals surface area contributed by atoms with E-state index in [-0.39, 0.29) is 31.6 Å². The Labute approximate surface area is 217 Å². The zero-order chi connectivity index (χ0) is 24.2. The first kappa shape index (κ1) is 27.5. The number of aliphatic hydroxyl groups excluding tert-OH is 1. The molecule has 1 N–H and O–H groups in total. The zero-order valence-corrected chi connectivity index (χ0v) is 24.4. The van der Waals surface area contributed by atoms with Gasteiger partial charge in [-0.2, -0.15) is 0 Å². The van der Waals surface area contributed by atoms with Crippen molar-refractivity contribution in [2.24, 2.45) is 0 Å². The Balaban J connectivity index is 0.000000449. The van der Waals surface area contributed by atoms with Crippen LogP contribution in [0.3, 0.4) is 0 Å². The summed E-state index contributed by atoms with van der Waals surface area (Å²) in [5, 5.41) is 12.6. The van der Waals surface area contributed by atoms with E-state index < -0.39 is 13.3 Å². The molecular formula is C28H27GeIrN2O2-. The molecule has 0 saturated carbocycles. The molecule has 0 saturated heterocycles. The van der Waals surface area contributed by atoms with E-state index in [2.05, 4.69) is 57.4 Å². The van der Waals surface area contributed by atoms with Gasteiger partial charge in [0.25, 0.3) is 0 Å². The van der Waals surface area contributed by atoms with Crippen LogP contribution in [0, 0.1) is 12.6 Å². The molecule has 0 unspecified atom stereocenters. The fourth-order valence-corrected chi connectivity index (χ4v) is 6.04. The molecule has 4 nitrogen and oxygen atoms in total. The van der Waals surface area contributed by atoms with Crippen LogP contribution < -0.4 is 4.40 Å². The summed E-state index contributed by atoms with van der Waals surface area (Å²) in [6.07, 6.45) is 3.03. The summed E-state index contributed by atoms with van der Waals surface area (Å²) in [5.74, 6) is 7.15. The molecule has 0 spiro atoms. The van der Waals surface area contributed by atoms with Gasteiger partial charge in [0.1, 0.15) is 0 Å². The minimum Gasteiger partial charge on any atom is 0 e. The van der Waals surface area contributed by atoms with Gasteiger partial charge in [-0.25, -0.2) is 0 Å². The van der Waals surface area contributed by atoms with Crippen LogP contribution in [0.5, 0.6) is 0 Å². The number of carbonyl (C=O) groups is 1. The molecule has 0 fully saturated rings. The van der Waals surface area contributed by atoms with E-state index in [1.165, 1.54) is 29.7 Å². The van der Waals surface area contributed by atoms with Crippen molar-refractivity contribution >= 4 is 50.7 Å². The number of hydrogen-bond donors (Lipinski definition) is 1. The Bertz CT molecular complexity index is 1410. The molecule has 0 bridgehead atoms. The van der Waals surface area contributed by atoms with Crippen molar-refractivity contribution in [3.63, 3.8) is 0 Å². The fourth-order valence-electron chi connectivity index (χ4n) is 3.58. The minimum absolute atomic E-state index is 0. The number of rotatable bonds is 3. The number of allylic oxidation sites excluding steroid dienone is 2. The van der Waals surface area contributed by atoms with E-state index in [0.29, 0.717) is 5.69 Å². The number of pyridine rings is 1. The third kappa shape index (κ3) is 6.64. The molecule has 0 aliphatic rings. The first-order valence-corrected chi connectivity index (χ1v) is 18.0. The molecule has 0 aliphatic carbocycles. The van der Waals surface area contributed by atoms with E-state index in [9.17, 15) is 4.79 Å². The van der Waals surface area contributed by atoms with Gasteiger partial charge in [0, 0.05) is 26.2 Å². The first-order chi connectivity index (χ1) is 15.6. The van der Waals surface area contributed by atoms with Crippen LogP contribution in [0.1, 0.15) is 13.8 Å². The molecular weight excluding hydrogens is 661 g/mol. The van der Waals surface area contributed by atoms with E-state index in [0.717, 1.165) is 27.4 Å². The first-order valence-electron chi connectivity index (χ1n) is 10.7. The molecule has 4 rings (SSSR count). The van der Waals surface area contributed by atoms with Gasteiger partial charge in [0.15, 0.2) is 5.78 Å². The fraction of sp³-hybridized carbons (Fsp3) is 0.179. The molecule has 34 heavy (non-hydrogen) atoms. The van der Waals surface area contributed by atoms with Gasteiger partial charge in [-0.1, -0.05) is 0 Å². The standard InChI is InChI=1S/C23H19GeN2.C5H8O2.Ir/c1-24(2,3)19-9-10-21-17(14-19)11-12-26-23(21)18-13-16-7-5-6-8-20(16)22(15-18)25-4;1-4(6)3-5(2)7;/h5-12,14-15H,1-3H3;3,6H,1-2H3;/q-1;;/b;4-3-;. The Hall–Kier alpha value is -2.78. The molecule has 1 heterocycles. The summed E-state index contributed by atoms with van der Waals surface area (Å²) in [4.78, 5) is 18.4. The van der Waals surface area contributed by atoms with Gasteiger partial charge in [0.2, 0.25) is 0 Å². The zero-order valence-electron chi connectivity index (χ0n) is 19.9. The average molecular weight is 688 g/mol. The number of benzene rings is 3. The molecule has 0 amide bonds. The second-order valence-electron chi connectivity index (χ2n) is 8.97. The van der Waals surface area contributed by atoms with Crippen LogP contribution in [-0.2, 0) is 24.9 Å². The number of nitrogens with zero attached hydrogens (tertiary/aromatic N) is 2. The van der Waals surface area contributed by atoms with Crippen molar-refractivity contribution in [3.8, 4) is 11.3 Å². The van der Waals surface area contributed by atoms with Crippen LogP contribution >= 0.6 is 0 Å². The van der Waals surface area contributed by atoms with E-state index >= 15 is 0 Å². The maximum Gasteiger partial charge on any atom is 0 e. The van der Waals surface area contributed by atoms with Crippen LogP contribution in [0.4, 0.5) is 5.69 Å². The second kappa shape index (κ2) is 11.6. The maximum atomic E-state index is 10.0. The van der Waals surface area contributed by atoms with Gasteiger partial charge in [-0.05, 0) is 13.8 Å². The molecule has 0 atom stereocenters. The molecule has 6 heteroatoms. The van der Waals surface area contributed by atoms with Crippen molar-refractivity contribution in [2.45, 2.75) is 31.1 Å². The summed E-state index contributed by atoms with van der Waals surface area (Å²) in [5.41, 5.74) is 2.42. The van der Waals surface area contributed by atoms with E-state index in [4.69, 9.17) is 11.7 Å². The summed E-state index contributed by atoms with van der Waals surface area (Å²) in [6, 6.07) is 22.1. The van der Waals surface area contributed by atoms with Gasteiger partial charge in [-0.3, -0.25) is 4.79 Å². The minimum atomic E-state index is -1.88. The van der Waals surface area contributed by atoms with Crippen molar-refractivity contribution in [2.75, 3.05) is 0 Å². The number of aromatic nitrogens is 1. The van der Waals surface area contributed by atoms with E-state index in [1.54, 1.807) is 0 Å². The molecule has 3 aromatic carbocycles. The maximum absolute atomic E-state index is 10.0. The number of carbonyl (C=O) groups excluding carboxylic acids is 1. The number of aliphatic hydroxyl groups is 1. The van der Waals surface area contributed by atoms with Gasteiger partial charge < -0.3 is 5.11 Å². The van der Waals surface area contributed by atoms with Gasteiger partial charge in [-0.15, -0.1) is 0 Å². The molecule has 0 aliphatic heterocycles. The van der Waals surface area contributed by atoms with Gasteiger partial charge >= 0.3 is 157 Å². The van der Waals surface area contributed by atoms with Crippen molar-refractivity contribution in [1.82, 2.24) is 4.98 Å². The molecule has 1 aromatic heterocycles. The number of fused-ring (bicyclic) bond motifs is 2. The van der Waals surface area contributed by atoms with Crippen molar-refractivity contribution in [3.05, 3.63) is 90.1 Å². The second-order valence-corrected chi connectivity index (χ2v) is 19.6. The Kier molecular flexibility index (Phi) is 9.35. The van der Waals surface area contributed by atoms with E-state index in [1.807, 2.05) is 36.5 Å². The van der Waals surface area contributed by atoms with Crippen molar-refractivity contribution < 1.29 is 30.0 Å². The molecule has 1 radical (unpaired) electrons. The molecule has 4 aromatic rings. The third-order valence-electron chi connectivity index (χ3n) is 5.17. The van der Waals surface area contributed by atoms with Crippen LogP contribution in [0.2, 0.25) is 17.3 Å². The summed E-state index contributed by atoms with van der Waals surface area (Å²) in [6.45, 7) is 10.4. The van der Waals surface area contributed by atoms with Crippen LogP contribution in [0.25, 0.3) is 37.6 Å². The predicted octanol–water partition coefficient (Wildman–Crippen LogP) is 6.99. The molecule has 175 valence electrons. The summed E-state index contributed by atoms with van der Waals surface area (Å²) >= 11 is -1.88. The smallest absolute Gasteiger partial charge is 0 e.